The van der Waals surface area contributed by atoms with E-state index in [0.717, 1.165) is 4.47 Å². The highest BCUT2D eigenvalue weighted by molar-refractivity contribution is 9.10. The van der Waals surface area contributed by atoms with Gasteiger partial charge in [0.05, 0.1) is 0 Å². The fourth-order valence-corrected chi connectivity index (χ4v) is 1.81. The van der Waals surface area contributed by atoms with Gasteiger partial charge in [0.25, 0.3) is 5.91 Å². The fourth-order valence-electron chi connectivity index (χ4n) is 1.58. The van der Waals surface area contributed by atoms with Gasteiger partial charge < -0.3 is 10.6 Å². The van der Waals surface area contributed by atoms with Crippen LogP contribution in [0.25, 0.3) is 0 Å². The van der Waals surface area contributed by atoms with Crippen molar-refractivity contribution >= 4 is 39.2 Å². The van der Waals surface area contributed by atoms with E-state index in [9.17, 15) is 9.59 Å². The third-order valence-electron chi connectivity index (χ3n) is 2.41. The van der Waals surface area contributed by atoms with E-state index in [1.807, 2.05) is 0 Å². The van der Waals surface area contributed by atoms with E-state index in [-0.39, 0.29) is 11.8 Å². The minimum Gasteiger partial charge on any atom is -0.326 e. The van der Waals surface area contributed by atoms with E-state index in [2.05, 4.69) is 31.5 Å². The molecule has 6 heteroatoms. The molecule has 0 saturated carbocycles. The Hall–Kier alpha value is -2.21. The van der Waals surface area contributed by atoms with E-state index in [1.165, 1.54) is 6.92 Å². The van der Waals surface area contributed by atoms with Gasteiger partial charge >= 0.3 is 0 Å². The largest absolute Gasteiger partial charge is 0.326 e. The summed E-state index contributed by atoms with van der Waals surface area (Å²) in [7, 11) is 0. The number of benzene rings is 1. The van der Waals surface area contributed by atoms with Crippen LogP contribution in [0.2, 0.25) is 0 Å². The number of rotatable bonds is 3. The van der Waals surface area contributed by atoms with Crippen molar-refractivity contribution in [2.24, 2.45) is 0 Å². The van der Waals surface area contributed by atoms with Gasteiger partial charge in [0.1, 0.15) is 5.82 Å². The highest BCUT2D eigenvalue weighted by atomic mass is 79.9. The van der Waals surface area contributed by atoms with Crippen molar-refractivity contribution < 1.29 is 9.59 Å². The second kappa shape index (κ2) is 6.29. The van der Waals surface area contributed by atoms with E-state index in [4.69, 9.17) is 0 Å². The number of amides is 2. The Kier molecular flexibility index (Phi) is 4.47. The SMILES string of the molecule is CC(=O)Nc1cccc(C(=O)Nc2ccc(Br)cn2)c1. The number of halogens is 1. The number of hydrogen-bond donors (Lipinski definition) is 2. The topological polar surface area (TPSA) is 71.1 Å². The Balaban J connectivity index is 2.12. The summed E-state index contributed by atoms with van der Waals surface area (Å²) < 4.78 is 0.836. The van der Waals surface area contributed by atoms with Crippen LogP contribution in [-0.2, 0) is 4.79 Å². The Morgan fingerprint density at radius 2 is 1.95 bits per heavy atom. The molecule has 0 spiro atoms. The predicted octanol–water partition coefficient (Wildman–Crippen LogP) is 3.05. The lowest BCUT2D eigenvalue weighted by molar-refractivity contribution is -0.114. The van der Waals surface area contributed by atoms with Crippen LogP contribution in [0.15, 0.2) is 47.1 Å². The maximum absolute atomic E-state index is 12.1. The monoisotopic (exact) mass is 333 g/mol. The average molecular weight is 334 g/mol. The first kappa shape index (κ1) is 14.2. The third-order valence-corrected chi connectivity index (χ3v) is 2.88. The molecular formula is C14H12BrN3O2. The number of pyridine rings is 1. The molecule has 2 aromatic rings. The molecule has 1 aromatic heterocycles. The minimum atomic E-state index is -0.285. The average Bonchev–Trinajstić information content (AvgIpc) is 2.41. The number of nitrogens with zero attached hydrogens (tertiary/aromatic N) is 1. The molecule has 0 bridgehead atoms. The highest BCUT2D eigenvalue weighted by Gasteiger charge is 2.08. The van der Waals surface area contributed by atoms with Gasteiger partial charge in [0.15, 0.2) is 0 Å². The molecule has 20 heavy (non-hydrogen) atoms. The van der Waals surface area contributed by atoms with Crippen LogP contribution in [0.3, 0.4) is 0 Å². The minimum absolute atomic E-state index is 0.183. The predicted molar refractivity (Wildman–Crippen MR) is 80.6 cm³/mol. The van der Waals surface area contributed by atoms with Gasteiger partial charge in [-0.3, -0.25) is 9.59 Å². The molecule has 0 fully saturated rings. The maximum atomic E-state index is 12.1. The van der Waals surface area contributed by atoms with Crippen molar-refractivity contribution in [1.82, 2.24) is 4.98 Å². The van der Waals surface area contributed by atoms with E-state index in [1.54, 1.807) is 42.6 Å². The standard InChI is InChI=1S/C14H12BrN3O2/c1-9(19)17-12-4-2-3-10(7-12)14(20)18-13-6-5-11(15)8-16-13/h2-8H,1H3,(H,17,19)(H,16,18,20). The summed E-state index contributed by atoms with van der Waals surface area (Å²) in [5.74, 6) is -0.00714. The Morgan fingerprint density at radius 1 is 1.15 bits per heavy atom. The molecular weight excluding hydrogens is 322 g/mol. The lowest BCUT2D eigenvalue weighted by Crippen LogP contribution is -2.13. The van der Waals surface area contributed by atoms with Gasteiger partial charge in [0.2, 0.25) is 5.91 Å². The Bertz CT molecular complexity index is 641. The van der Waals surface area contributed by atoms with Crippen molar-refractivity contribution in [1.29, 1.82) is 0 Å². The lowest BCUT2D eigenvalue weighted by atomic mass is 10.2. The lowest BCUT2D eigenvalue weighted by Gasteiger charge is -2.07. The summed E-state index contributed by atoms with van der Waals surface area (Å²) in [5, 5.41) is 5.31. The zero-order valence-electron chi connectivity index (χ0n) is 10.7. The summed E-state index contributed by atoms with van der Waals surface area (Å²) in [5.41, 5.74) is 1.02. The Labute approximate surface area is 124 Å². The smallest absolute Gasteiger partial charge is 0.256 e. The first-order valence-corrected chi connectivity index (χ1v) is 6.64. The zero-order valence-corrected chi connectivity index (χ0v) is 12.3. The van der Waals surface area contributed by atoms with E-state index < -0.39 is 0 Å². The van der Waals surface area contributed by atoms with Crippen molar-refractivity contribution in [3.05, 3.63) is 52.6 Å². The van der Waals surface area contributed by atoms with Crippen LogP contribution >= 0.6 is 15.9 Å². The second-order valence-corrected chi connectivity index (χ2v) is 4.99. The molecule has 0 saturated heterocycles. The molecule has 1 heterocycles. The van der Waals surface area contributed by atoms with Crippen LogP contribution < -0.4 is 10.6 Å². The van der Waals surface area contributed by atoms with E-state index >= 15 is 0 Å². The Morgan fingerprint density at radius 3 is 2.60 bits per heavy atom. The quantitative estimate of drug-likeness (QED) is 0.906. The molecule has 1 aromatic carbocycles. The van der Waals surface area contributed by atoms with Crippen LogP contribution in [0.4, 0.5) is 11.5 Å². The molecule has 2 rings (SSSR count). The van der Waals surface area contributed by atoms with Gasteiger partial charge in [-0.05, 0) is 46.3 Å². The van der Waals surface area contributed by atoms with E-state index in [0.29, 0.717) is 17.1 Å². The van der Waals surface area contributed by atoms with Crippen LogP contribution in [0.5, 0.6) is 0 Å². The first-order chi connectivity index (χ1) is 9.54. The van der Waals surface area contributed by atoms with Crippen molar-refractivity contribution in [2.75, 3.05) is 10.6 Å². The van der Waals surface area contributed by atoms with Crippen LogP contribution in [0.1, 0.15) is 17.3 Å². The first-order valence-electron chi connectivity index (χ1n) is 5.85. The van der Waals surface area contributed by atoms with Crippen molar-refractivity contribution in [3.8, 4) is 0 Å². The van der Waals surface area contributed by atoms with Gasteiger partial charge in [-0.1, -0.05) is 6.07 Å². The van der Waals surface area contributed by atoms with Crippen LogP contribution in [-0.4, -0.2) is 16.8 Å². The molecule has 102 valence electrons. The molecule has 0 radical (unpaired) electrons. The number of carbonyl (C=O) groups is 2. The second-order valence-electron chi connectivity index (χ2n) is 4.08. The van der Waals surface area contributed by atoms with Crippen LogP contribution in [0, 0.1) is 0 Å². The molecule has 0 aliphatic carbocycles. The highest BCUT2D eigenvalue weighted by Crippen LogP contribution is 2.14. The number of carbonyl (C=O) groups excluding carboxylic acids is 2. The summed E-state index contributed by atoms with van der Waals surface area (Å²) in [4.78, 5) is 27.1. The molecule has 0 unspecified atom stereocenters. The molecule has 0 aliphatic rings. The fraction of sp³-hybridized carbons (Fsp3) is 0.0714. The maximum Gasteiger partial charge on any atom is 0.256 e. The summed E-state index contributed by atoms with van der Waals surface area (Å²) in [6.45, 7) is 1.42. The molecule has 2 N–H and O–H groups in total. The number of anilines is 2. The van der Waals surface area contributed by atoms with Crippen molar-refractivity contribution in [2.45, 2.75) is 6.92 Å². The molecule has 0 atom stereocenters. The van der Waals surface area contributed by atoms with Gasteiger partial charge in [-0.25, -0.2) is 4.98 Å². The normalized spacial score (nSPS) is 9.90. The van der Waals surface area contributed by atoms with Gasteiger partial charge in [-0.2, -0.15) is 0 Å². The third kappa shape index (κ3) is 3.89. The summed E-state index contributed by atoms with van der Waals surface area (Å²) in [6.07, 6.45) is 1.60. The summed E-state index contributed by atoms with van der Waals surface area (Å²) >= 11 is 3.27. The number of nitrogens with one attached hydrogen (secondary N) is 2. The number of hydrogen-bond acceptors (Lipinski definition) is 3. The zero-order chi connectivity index (χ0) is 14.5. The molecule has 2 amide bonds. The number of aromatic nitrogens is 1. The van der Waals surface area contributed by atoms with Gasteiger partial charge in [0, 0.05) is 28.8 Å². The van der Waals surface area contributed by atoms with Crippen molar-refractivity contribution in [3.63, 3.8) is 0 Å². The molecule has 5 nitrogen and oxygen atoms in total. The van der Waals surface area contributed by atoms with Gasteiger partial charge in [-0.15, -0.1) is 0 Å². The summed E-state index contributed by atoms with van der Waals surface area (Å²) in [6, 6.07) is 10.2. The molecule has 0 aliphatic heterocycles.